The number of nitrogens with one attached hydrogen (secondary N) is 1. The maximum atomic E-state index is 13.0. The van der Waals surface area contributed by atoms with Crippen molar-refractivity contribution < 1.29 is 23.5 Å². The van der Waals surface area contributed by atoms with Crippen molar-refractivity contribution in [1.82, 2.24) is 5.32 Å². The first-order valence-corrected chi connectivity index (χ1v) is 9.21. The van der Waals surface area contributed by atoms with E-state index in [1.165, 1.54) is 19.1 Å². The lowest BCUT2D eigenvalue weighted by Crippen LogP contribution is -2.37. The van der Waals surface area contributed by atoms with Crippen molar-refractivity contribution in [3.63, 3.8) is 0 Å². The normalized spacial score (nSPS) is 12.8. The number of carbonyl (C=O) groups is 2. The van der Waals surface area contributed by atoms with Crippen LogP contribution in [0, 0.1) is 19.7 Å². The average Bonchev–Trinajstić information content (AvgIpc) is 2.64. The molecule has 0 fully saturated rings. The summed E-state index contributed by atoms with van der Waals surface area (Å²) < 4.78 is 23.8. The number of hydrogen-bond donors (Lipinski definition) is 1. The Kier molecular flexibility index (Phi) is 7.55. The minimum Gasteiger partial charge on any atom is -0.493 e. The molecular weight excluding hydrogens is 361 g/mol. The van der Waals surface area contributed by atoms with Crippen molar-refractivity contribution in [2.75, 3.05) is 6.61 Å². The Morgan fingerprint density at radius 2 is 1.75 bits per heavy atom. The fraction of sp³-hybridized carbons (Fsp3) is 0.364. The van der Waals surface area contributed by atoms with Gasteiger partial charge in [-0.3, -0.25) is 9.59 Å². The number of halogens is 1. The molecule has 0 radical (unpaired) electrons. The molecule has 0 aromatic heterocycles. The number of benzene rings is 2. The van der Waals surface area contributed by atoms with Gasteiger partial charge in [0.1, 0.15) is 11.6 Å². The predicted octanol–water partition coefficient (Wildman–Crippen LogP) is 4.02. The molecule has 0 aliphatic carbocycles. The van der Waals surface area contributed by atoms with E-state index in [9.17, 15) is 14.0 Å². The molecule has 2 unspecified atom stereocenters. The highest BCUT2D eigenvalue weighted by molar-refractivity contribution is 5.83. The Balaban J connectivity index is 1.77. The van der Waals surface area contributed by atoms with Gasteiger partial charge in [-0.25, -0.2) is 4.39 Å². The molecule has 0 spiro atoms. The van der Waals surface area contributed by atoms with E-state index in [0.29, 0.717) is 0 Å². The van der Waals surface area contributed by atoms with Gasteiger partial charge in [0.05, 0.1) is 19.1 Å². The van der Waals surface area contributed by atoms with E-state index in [0.717, 1.165) is 22.4 Å². The maximum absolute atomic E-state index is 13.0. The van der Waals surface area contributed by atoms with Crippen molar-refractivity contribution in [1.29, 1.82) is 0 Å². The molecular formula is C22H26FNO4. The summed E-state index contributed by atoms with van der Waals surface area (Å²) in [6, 6.07) is 11.4. The van der Waals surface area contributed by atoms with Gasteiger partial charge < -0.3 is 14.8 Å². The van der Waals surface area contributed by atoms with Crippen molar-refractivity contribution in [3.05, 3.63) is 65.0 Å². The first-order valence-electron chi connectivity index (χ1n) is 9.21. The van der Waals surface area contributed by atoms with Gasteiger partial charge in [0.15, 0.2) is 6.10 Å². The SMILES string of the molecule is Cc1ccc(C)c(OCCC(=O)OC(C)C(=O)NC(C)c2ccc(F)cc2)c1. The number of carbonyl (C=O) groups excluding carboxylic acids is 2. The van der Waals surface area contributed by atoms with Gasteiger partial charge in [-0.15, -0.1) is 0 Å². The second-order valence-electron chi connectivity index (χ2n) is 6.78. The third-order valence-electron chi connectivity index (χ3n) is 4.31. The molecule has 6 heteroatoms. The van der Waals surface area contributed by atoms with Crippen LogP contribution in [0.2, 0.25) is 0 Å². The van der Waals surface area contributed by atoms with Gasteiger partial charge in [-0.1, -0.05) is 24.3 Å². The molecule has 0 saturated heterocycles. The molecule has 0 saturated carbocycles. The average molecular weight is 387 g/mol. The van der Waals surface area contributed by atoms with Crippen LogP contribution in [0.4, 0.5) is 4.39 Å². The zero-order valence-corrected chi connectivity index (χ0v) is 16.6. The number of esters is 1. The third kappa shape index (κ3) is 6.37. The van der Waals surface area contributed by atoms with Crippen LogP contribution in [0.15, 0.2) is 42.5 Å². The summed E-state index contributed by atoms with van der Waals surface area (Å²) in [5.41, 5.74) is 2.82. The Bertz CT molecular complexity index is 820. The molecule has 1 amide bonds. The second-order valence-corrected chi connectivity index (χ2v) is 6.78. The standard InChI is InChI=1S/C22H26FNO4/c1-14-5-6-15(2)20(13-14)27-12-11-21(25)28-17(4)22(26)24-16(3)18-7-9-19(23)10-8-18/h5-10,13,16-17H,11-12H2,1-4H3,(H,24,26). The summed E-state index contributed by atoms with van der Waals surface area (Å²) in [6.45, 7) is 7.35. The highest BCUT2D eigenvalue weighted by Gasteiger charge is 2.20. The smallest absolute Gasteiger partial charge is 0.310 e. The highest BCUT2D eigenvalue weighted by Crippen LogP contribution is 2.19. The summed E-state index contributed by atoms with van der Waals surface area (Å²) in [5.74, 6) is -0.539. The Labute approximate surface area is 164 Å². The predicted molar refractivity (Wildman–Crippen MR) is 105 cm³/mol. The molecule has 5 nitrogen and oxygen atoms in total. The van der Waals surface area contributed by atoms with Gasteiger partial charge in [0, 0.05) is 0 Å². The van der Waals surface area contributed by atoms with E-state index in [2.05, 4.69) is 5.32 Å². The van der Waals surface area contributed by atoms with E-state index in [-0.39, 0.29) is 24.9 Å². The Morgan fingerprint density at radius 3 is 2.43 bits per heavy atom. The molecule has 0 aliphatic heterocycles. The molecule has 28 heavy (non-hydrogen) atoms. The number of rotatable bonds is 8. The lowest BCUT2D eigenvalue weighted by molar-refractivity contribution is -0.155. The van der Waals surface area contributed by atoms with E-state index >= 15 is 0 Å². The summed E-state index contributed by atoms with van der Waals surface area (Å²) in [4.78, 5) is 24.2. The van der Waals surface area contributed by atoms with Crippen LogP contribution < -0.4 is 10.1 Å². The van der Waals surface area contributed by atoms with Gasteiger partial charge in [-0.2, -0.15) is 0 Å². The molecule has 2 atom stereocenters. The van der Waals surface area contributed by atoms with Crippen LogP contribution in [0.25, 0.3) is 0 Å². The number of ether oxygens (including phenoxy) is 2. The topological polar surface area (TPSA) is 64.6 Å². The highest BCUT2D eigenvalue weighted by atomic mass is 19.1. The molecule has 2 aromatic carbocycles. The van der Waals surface area contributed by atoms with E-state index in [4.69, 9.17) is 9.47 Å². The summed E-state index contributed by atoms with van der Waals surface area (Å²) in [5, 5.41) is 2.75. The molecule has 1 N–H and O–H groups in total. The molecule has 2 rings (SSSR count). The van der Waals surface area contributed by atoms with Gasteiger partial charge in [0.25, 0.3) is 5.91 Å². The first kappa shape index (κ1) is 21.4. The maximum Gasteiger partial charge on any atom is 0.310 e. The van der Waals surface area contributed by atoms with Crippen molar-refractivity contribution in [2.45, 2.75) is 46.3 Å². The van der Waals surface area contributed by atoms with Crippen LogP contribution >= 0.6 is 0 Å². The van der Waals surface area contributed by atoms with Crippen molar-refractivity contribution >= 4 is 11.9 Å². The number of hydrogen-bond acceptors (Lipinski definition) is 4. The van der Waals surface area contributed by atoms with Crippen molar-refractivity contribution in [2.24, 2.45) is 0 Å². The molecule has 2 aromatic rings. The molecule has 0 aliphatic rings. The third-order valence-corrected chi connectivity index (χ3v) is 4.31. The summed E-state index contributed by atoms with van der Waals surface area (Å²) >= 11 is 0. The monoisotopic (exact) mass is 387 g/mol. The van der Waals surface area contributed by atoms with Crippen LogP contribution in [-0.4, -0.2) is 24.6 Å². The van der Waals surface area contributed by atoms with Crippen molar-refractivity contribution in [3.8, 4) is 5.75 Å². The minimum atomic E-state index is -0.934. The first-order chi connectivity index (χ1) is 13.3. The molecule has 150 valence electrons. The zero-order chi connectivity index (χ0) is 20.7. The minimum absolute atomic E-state index is 0.0402. The van der Waals surface area contributed by atoms with E-state index < -0.39 is 18.0 Å². The second kappa shape index (κ2) is 9.88. The fourth-order valence-electron chi connectivity index (χ4n) is 2.58. The summed E-state index contributed by atoms with van der Waals surface area (Å²) in [7, 11) is 0. The number of aryl methyl sites for hydroxylation is 2. The van der Waals surface area contributed by atoms with E-state index in [1.54, 1.807) is 19.1 Å². The van der Waals surface area contributed by atoms with Crippen LogP contribution in [-0.2, 0) is 14.3 Å². The van der Waals surface area contributed by atoms with Gasteiger partial charge in [0.2, 0.25) is 0 Å². The lowest BCUT2D eigenvalue weighted by Gasteiger charge is -2.18. The number of amides is 1. The van der Waals surface area contributed by atoms with Crippen LogP contribution in [0.5, 0.6) is 5.75 Å². The molecule has 0 bridgehead atoms. The van der Waals surface area contributed by atoms with E-state index in [1.807, 2.05) is 32.0 Å². The Hall–Kier alpha value is -2.89. The summed E-state index contributed by atoms with van der Waals surface area (Å²) in [6.07, 6.45) is -0.894. The quantitative estimate of drug-likeness (QED) is 0.695. The van der Waals surface area contributed by atoms with Gasteiger partial charge >= 0.3 is 5.97 Å². The molecule has 0 heterocycles. The lowest BCUT2D eigenvalue weighted by atomic mass is 10.1. The fourth-order valence-corrected chi connectivity index (χ4v) is 2.58. The van der Waals surface area contributed by atoms with Crippen LogP contribution in [0.1, 0.15) is 43.0 Å². The Morgan fingerprint density at radius 1 is 1.07 bits per heavy atom. The van der Waals surface area contributed by atoms with Gasteiger partial charge in [-0.05, 0) is 62.6 Å². The van der Waals surface area contributed by atoms with Crippen LogP contribution in [0.3, 0.4) is 0 Å². The zero-order valence-electron chi connectivity index (χ0n) is 16.6. The largest absolute Gasteiger partial charge is 0.493 e.